The lowest BCUT2D eigenvalue weighted by atomic mass is 10.0. The Bertz CT molecular complexity index is 196. The van der Waals surface area contributed by atoms with Crippen LogP contribution >= 0.6 is 0 Å². The van der Waals surface area contributed by atoms with Crippen molar-refractivity contribution < 1.29 is 0 Å². The highest BCUT2D eigenvalue weighted by molar-refractivity contribution is 4.80. The summed E-state index contributed by atoms with van der Waals surface area (Å²) >= 11 is 0. The number of rotatable bonds is 6. The van der Waals surface area contributed by atoms with Crippen LogP contribution in [0.1, 0.15) is 34.6 Å². The van der Waals surface area contributed by atoms with Gasteiger partial charge in [-0.25, -0.2) is 0 Å². The summed E-state index contributed by atoms with van der Waals surface area (Å²) in [6.45, 7) is 18.6. The molecule has 0 saturated carbocycles. The molecule has 1 atom stereocenters. The van der Waals surface area contributed by atoms with Crippen molar-refractivity contribution in [2.45, 2.75) is 46.7 Å². The summed E-state index contributed by atoms with van der Waals surface area (Å²) in [5.41, 5.74) is 0. The first-order valence-electron chi connectivity index (χ1n) is 7.24. The van der Waals surface area contributed by atoms with Crippen LogP contribution in [0.4, 0.5) is 0 Å². The fraction of sp³-hybridized carbons (Fsp3) is 1.00. The second-order valence-electron chi connectivity index (χ2n) is 5.84. The van der Waals surface area contributed by atoms with Crippen molar-refractivity contribution in [3.63, 3.8) is 0 Å². The Morgan fingerprint density at radius 2 is 1.59 bits per heavy atom. The Labute approximate surface area is 108 Å². The van der Waals surface area contributed by atoms with Gasteiger partial charge in [-0.15, -0.1) is 0 Å². The molecule has 1 aliphatic heterocycles. The average molecular weight is 241 g/mol. The monoisotopic (exact) mass is 241 g/mol. The summed E-state index contributed by atoms with van der Waals surface area (Å²) in [5, 5.41) is 3.61. The van der Waals surface area contributed by atoms with Crippen molar-refractivity contribution in [2.75, 3.05) is 39.3 Å². The van der Waals surface area contributed by atoms with Gasteiger partial charge in [0.25, 0.3) is 0 Å². The quantitative estimate of drug-likeness (QED) is 0.763. The molecule has 1 N–H and O–H groups in total. The zero-order valence-electron chi connectivity index (χ0n) is 12.4. The number of hydrogen-bond acceptors (Lipinski definition) is 3. The maximum Gasteiger partial charge on any atom is 0.0217 e. The van der Waals surface area contributed by atoms with Crippen molar-refractivity contribution in [3.05, 3.63) is 0 Å². The SMILES string of the molecule is CCNC(CN1CCN(C(C)C)CC1)C(C)C. The van der Waals surface area contributed by atoms with Gasteiger partial charge in [0.05, 0.1) is 0 Å². The van der Waals surface area contributed by atoms with Gasteiger partial charge in [0.15, 0.2) is 0 Å². The number of nitrogens with one attached hydrogen (secondary N) is 1. The first kappa shape index (κ1) is 14.9. The molecule has 1 rings (SSSR count). The minimum absolute atomic E-state index is 0.644. The zero-order chi connectivity index (χ0) is 12.8. The summed E-state index contributed by atoms with van der Waals surface area (Å²) in [7, 11) is 0. The van der Waals surface area contributed by atoms with Crippen LogP contribution in [-0.4, -0.2) is 61.2 Å². The molecule has 1 heterocycles. The van der Waals surface area contributed by atoms with E-state index in [1.807, 2.05) is 0 Å². The molecule has 0 bridgehead atoms. The molecule has 1 fully saturated rings. The van der Waals surface area contributed by atoms with Crippen LogP contribution < -0.4 is 5.32 Å². The molecule has 0 aromatic carbocycles. The number of likely N-dealkylation sites (N-methyl/N-ethyl adjacent to an activating group) is 1. The third-order valence-electron chi connectivity index (χ3n) is 3.86. The van der Waals surface area contributed by atoms with E-state index in [9.17, 15) is 0 Å². The first-order valence-corrected chi connectivity index (χ1v) is 7.24. The van der Waals surface area contributed by atoms with Crippen LogP contribution in [0, 0.1) is 5.92 Å². The fourth-order valence-corrected chi connectivity index (χ4v) is 2.51. The Morgan fingerprint density at radius 1 is 1.00 bits per heavy atom. The van der Waals surface area contributed by atoms with Crippen molar-refractivity contribution >= 4 is 0 Å². The lowest BCUT2D eigenvalue weighted by molar-refractivity contribution is 0.0964. The van der Waals surface area contributed by atoms with Crippen molar-refractivity contribution in [2.24, 2.45) is 5.92 Å². The Morgan fingerprint density at radius 3 is 2.00 bits per heavy atom. The van der Waals surface area contributed by atoms with Crippen LogP contribution in [0.3, 0.4) is 0 Å². The van der Waals surface area contributed by atoms with E-state index in [4.69, 9.17) is 0 Å². The van der Waals surface area contributed by atoms with Crippen LogP contribution in [0.2, 0.25) is 0 Å². The van der Waals surface area contributed by atoms with Crippen LogP contribution in [-0.2, 0) is 0 Å². The lowest BCUT2D eigenvalue weighted by Crippen LogP contribution is -2.53. The zero-order valence-corrected chi connectivity index (χ0v) is 12.4. The maximum absolute atomic E-state index is 3.61. The van der Waals surface area contributed by atoms with Crippen molar-refractivity contribution in [1.29, 1.82) is 0 Å². The standard InChI is InChI=1S/C14H31N3/c1-6-15-14(12(2)3)11-16-7-9-17(10-8-16)13(4)5/h12-15H,6-11H2,1-5H3. The summed E-state index contributed by atoms with van der Waals surface area (Å²) < 4.78 is 0. The number of piperazine rings is 1. The normalized spacial score (nSPS) is 21.4. The molecule has 17 heavy (non-hydrogen) atoms. The molecule has 1 unspecified atom stereocenters. The molecule has 0 spiro atoms. The Kier molecular flexibility index (Phi) is 6.45. The molecule has 0 aromatic rings. The summed E-state index contributed by atoms with van der Waals surface area (Å²) in [6, 6.07) is 1.34. The van der Waals surface area contributed by atoms with Gasteiger partial charge < -0.3 is 5.32 Å². The smallest absolute Gasteiger partial charge is 0.0217 e. The molecule has 102 valence electrons. The summed E-state index contributed by atoms with van der Waals surface area (Å²) in [6.07, 6.45) is 0. The van der Waals surface area contributed by atoms with Crippen molar-refractivity contribution in [3.8, 4) is 0 Å². The molecule has 0 aromatic heterocycles. The van der Waals surface area contributed by atoms with Gasteiger partial charge in [0.2, 0.25) is 0 Å². The highest BCUT2D eigenvalue weighted by atomic mass is 15.3. The maximum atomic E-state index is 3.61. The van der Waals surface area contributed by atoms with E-state index in [0.717, 1.165) is 12.5 Å². The summed E-state index contributed by atoms with van der Waals surface area (Å²) in [5.74, 6) is 0.720. The van der Waals surface area contributed by atoms with Gasteiger partial charge in [-0.3, -0.25) is 9.80 Å². The van der Waals surface area contributed by atoms with E-state index >= 15 is 0 Å². The molecule has 0 radical (unpaired) electrons. The molecule has 3 heteroatoms. The largest absolute Gasteiger partial charge is 0.313 e. The minimum Gasteiger partial charge on any atom is -0.313 e. The van der Waals surface area contributed by atoms with Crippen molar-refractivity contribution in [1.82, 2.24) is 15.1 Å². The fourth-order valence-electron chi connectivity index (χ4n) is 2.51. The summed E-state index contributed by atoms with van der Waals surface area (Å²) in [4.78, 5) is 5.19. The topological polar surface area (TPSA) is 18.5 Å². The molecule has 1 saturated heterocycles. The van der Waals surface area contributed by atoms with E-state index in [1.165, 1.54) is 32.7 Å². The molecule has 1 aliphatic rings. The molecule has 3 nitrogen and oxygen atoms in total. The van der Waals surface area contributed by atoms with E-state index < -0.39 is 0 Å². The van der Waals surface area contributed by atoms with Gasteiger partial charge in [-0.05, 0) is 26.3 Å². The molecule has 0 aliphatic carbocycles. The van der Waals surface area contributed by atoms with Gasteiger partial charge in [0.1, 0.15) is 0 Å². The van der Waals surface area contributed by atoms with Crippen LogP contribution in [0.15, 0.2) is 0 Å². The predicted octanol–water partition coefficient (Wildman–Crippen LogP) is 1.65. The van der Waals surface area contributed by atoms with E-state index in [0.29, 0.717) is 12.1 Å². The van der Waals surface area contributed by atoms with Gasteiger partial charge >= 0.3 is 0 Å². The van der Waals surface area contributed by atoms with E-state index in [2.05, 4.69) is 49.7 Å². The highest BCUT2D eigenvalue weighted by Crippen LogP contribution is 2.09. The van der Waals surface area contributed by atoms with Gasteiger partial charge in [-0.2, -0.15) is 0 Å². The highest BCUT2D eigenvalue weighted by Gasteiger charge is 2.22. The first-order chi connectivity index (χ1) is 8.04. The third-order valence-corrected chi connectivity index (χ3v) is 3.86. The van der Waals surface area contributed by atoms with Gasteiger partial charge in [0, 0.05) is 44.8 Å². The van der Waals surface area contributed by atoms with E-state index in [-0.39, 0.29) is 0 Å². The van der Waals surface area contributed by atoms with Crippen LogP contribution in [0.5, 0.6) is 0 Å². The number of nitrogens with zero attached hydrogens (tertiary/aromatic N) is 2. The van der Waals surface area contributed by atoms with Gasteiger partial charge in [-0.1, -0.05) is 20.8 Å². The van der Waals surface area contributed by atoms with Crippen LogP contribution in [0.25, 0.3) is 0 Å². The number of hydrogen-bond donors (Lipinski definition) is 1. The minimum atomic E-state index is 0.644. The third kappa shape index (κ3) is 4.94. The average Bonchev–Trinajstić information content (AvgIpc) is 2.29. The molecular weight excluding hydrogens is 210 g/mol. The van der Waals surface area contributed by atoms with E-state index in [1.54, 1.807) is 0 Å². The predicted molar refractivity (Wildman–Crippen MR) is 75.5 cm³/mol. The second kappa shape index (κ2) is 7.34. The molecule has 0 amide bonds. The molecular formula is C14H31N3. The Balaban J connectivity index is 2.33. The Hall–Kier alpha value is -0.120. The lowest BCUT2D eigenvalue weighted by Gasteiger charge is -2.39. The second-order valence-corrected chi connectivity index (χ2v) is 5.84.